The molecule has 0 bridgehead atoms. The molecule has 7 heteroatoms. The molecule has 0 spiro atoms. The summed E-state index contributed by atoms with van der Waals surface area (Å²) in [6, 6.07) is 1.88. The molecule has 17 heavy (non-hydrogen) atoms. The molecule has 96 valence electrons. The van der Waals surface area contributed by atoms with Crippen LogP contribution in [-0.2, 0) is 18.2 Å². The van der Waals surface area contributed by atoms with Gasteiger partial charge in [-0.05, 0) is 28.4 Å². The number of alkyl carbamates (subject to hydrolysis) is 1. The summed E-state index contributed by atoms with van der Waals surface area (Å²) >= 11 is 3.27. The fourth-order valence-corrected chi connectivity index (χ4v) is 1.77. The number of nitrogens with zero attached hydrogens (tertiary/aromatic N) is 2. The minimum absolute atomic E-state index is 0.0589. The third-order valence-electron chi connectivity index (χ3n) is 2.14. The van der Waals surface area contributed by atoms with Gasteiger partial charge in [0, 0.05) is 32.3 Å². The highest BCUT2D eigenvalue weighted by Crippen LogP contribution is 2.09. The minimum atomic E-state index is -0.459. The summed E-state index contributed by atoms with van der Waals surface area (Å²) in [5, 5.41) is 15.2. The second-order valence-corrected chi connectivity index (χ2v) is 4.28. The maximum absolute atomic E-state index is 11.2. The first kappa shape index (κ1) is 14.0. The fourth-order valence-electron chi connectivity index (χ4n) is 1.27. The molecule has 0 saturated carbocycles. The van der Waals surface area contributed by atoms with E-state index < -0.39 is 6.09 Å². The summed E-state index contributed by atoms with van der Waals surface area (Å²) in [5.41, 5.74) is 0.986. The lowest BCUT2D eigenvalue weighted by atomic mass is 10.3. The predicted octanol–water partition coefficient (Wildman–Crippen LogP) is 0.834. The monoisotopic (exact) mass is 305 g/mol. The van der Waals surface area contributed by atoms with Gasteiger partial charge in [-0.3, -0.25) is 4.68 Å². The third kappa shape index (κ3) is 5.18. The first-order chi connectivity index (χ1) is 8.13. The number of amides is 1. The fraction of sp³-hybridized carbons (Fsp3) is 0.600. The van der Waals surface area contributed by atoms with Gasteiger partial charge in [-0.15, -0.1) is 0 Å². The molecule has 0 unspecified atom stereocenters. The van der Waals surface area contributed by atoms with Crippen LogP contribution in [0.2, 0.25) is 0 Å². The van der Waals surface area contributed by atoms with Crippen LogP contribution in [0, 0.1) is 0 Å². The Bertz CT molecular complexity index is 368. The smallest absolute Gasteiger partial charge is 0.407 e. The number of aliphatic hydroxyl groups is 1. The molecule has 0 aliphatic carbocycles. The van der Waals surface area contributed by atoms with Gasteiger partial charge in [-0.2, -0.15) is 5.10 Å². The Kier molecular flexibility index (Phi) is 5.99. The highest BCUT2D eigenvalue weighted by molar-refractivity contribution is 9.10. The van der Waals surface area contributed by atoms with Crippen molar-refractivity contribution in [2.75, 3.05) is 19.8 Å². The molecule has 0 radical (unpaired) electrons. The highest BCUT2D eigenvalue weighted by atomic mass is 79.9. The quantitative estimate of drug-likeness (QED) is 0.763. The summed E-state index contributed by atoms with van der Waals surface area (Å²) < 4.78 is 7.47. The average Bonchev–Trinajstić information content (AvgIpc) is 2.58. The number of nitrogens with one attached hydrogen (secondary N) is 1. The molecule has 0 atom stereocenters. The van der Waals surface area contributed by atoms with E-state index in [2.05, 4.69) is 26.3 Å². The van der Waals surface area contributed by atoms with Gasteiger partial charge < -0.3 is 15.2 Å². The largest absolute Gasteiger partial charge is 0.449 e. The summed E-state index contributed by atoms with van der Waals surface area (Å²) in [7, 11) is 1.83. The lowest BCUT2D eigenvalue weighted by molar-refractivity contribution is 0.146. The van der Waals surface area contributed by atoms with E-state index in [-0.39, 0.29) is 6.61 Å². The number of aromatic nitrogens is 2. The summed E-state index contributed by atoms with van der Waals surface area (Å²) in [5.74, 6) is 0. The number of hydrogen-bond acceptors (Lipinski definition) is 4. The highest BCUT2D eigenvalue weighted by Gasteiger charge is 2.05. The van der Waals surface area contributed by atoms with Gasteiger partial charge in [0.25, 0.3) is 0 Å². The van der Waals surface area contributed by atoms with E-state index in [0.717, 1.165) is 10.3 Å². The van der Waals surface area contributed by atoms with E-state index in [1.807, 2.05) is 13.1 Å². The molecule has 0 aliphatic heterocycles. The molecular weight excluding hydrogens is 290 g/mol. The summed E-state index contributed by atoms with van der Waals surface area (Å²) in [4.78, 5) is 11.2. The number of rotatable bonds is 6. The molecule has 1 rings (SSSR count). The zero-order valence-electron chi connectivity index (χ0n) is 9.65. The van der Waals surface area contributed by atoms with E-state index in [1.165, 1.54) is 0 Å². The van der Waals surface area contributed by atoms with Crippen LogP contribution in [-0.4, -0.2) is 40.7 Å². The normalized spacial score (nSPS) is 10.3. The zero-order chi connectivity index (χ0) is 12.7. The standard InChI is InChI=1S/C10H16BrN3O3/c1-14-8(7-9(11)13-14)3-6-17-10(16)12-4-2-5-15/h7,15H,2-6H2,1H3,(H,12,16). The lowest BCUT2D eigenvalue weighted by Crippen LogP contribution is -2.26. The van der Waals surface area contributed by atoms with Crippen LogP contribution in [0.4, 0.5) is 4.79 Å². The van der Waals surface area contributed by atoms with Crippen molar-refractivity contribution >= 4 is 22.0 Å². The Hall–Kier alpha value is -1.08. The van der Waals surface area contributed by atoms with Crippen molar-refractivity contribution in [3.63, 3.8) is 0 Å². The molecule has 1 aromatic rings. The number of halogens is 1. The molecule has 1 heterocycles. The maximum Gasteiger partial charge on any atom is 0.407 e. The van der Waals surface area contributed by atoms with Crippen LogP contribution in [0.25, 0.3) is 0 Å². The van der Waals surface area contributed by atoms with Gasteiger partial charge in [0.05, 0.1) is 6.61 Å². The van der Waals surface area contributed by atoms with Gasteiger partial charge in [0.1, 0.15) is 4.60 Å². The van der Waals surface area contributed by atoms with E-state index in [1.54, 1.807) is 4.68 Å². The SMILES string of the molecule is Cn1nc(Br)cc1CCOC(=O)NCCCO. The molecule has 2 N–H and O–H groups in total. The molecule has 0 aromatic carbocycles. The molecule has 6 nitrogen and oxygen atoms in total. The Morgan fingerprint density at radius 1 is 1.71 bits per heavy atom. The van der Waals surface area contributed by atoms with Crippen LogP contribution in [0.3, 0.4) is 0 Å². The van der Waals surface area contributed by atoms with Crippen LogP contribution in [0.5, 0.6) is 0 Å². The zero-order valence-corrected chi connectivity index (χ0v) is 11.2. The Balaban J connectivity index is 2.19. The molecule has 0 aliphatic rings. The predicted molar refractivity (Wildman–Crippen MR) is 65.7 cm³/mol. The van der Waals surface area contributed by atoms with Crippen LogP contribution in [0.1, 0.15) is 12.1 Å². The number of aliphatic hydroxyl groups excluding tert-OH is 1. The molecule has 1 aromatic heterocycles. The van der Waals surface area contributed by atoms with Gasteiger partial charge in [-0.1, -0.05) is 0 Å². The lowest BCUT2D eigenvalue weighted by Gasteiger charge is -2.06. The van der Waals surface area contributed by atoms with Gasteiger partial charge >= 0.3 is 6.09 Å². The van der Waals surface area contributed by atoms with Crippen LogP contribution < -0.4 is 5.32 Å². The van der Waals surface area contributed by atoms with Crippen molar-refractivity contribution in [1.29, 1.82) is 0 Å². The summed E-state index contributed by atoms with van der Waals surface area (Å²) in [6.45, 7) is 0.785. The van der Waals surface area contributed by atoms with Crippen molar-refractivity contribution in [3.05, 3.63) is 16.4 Å². The van der Waals surface area contributed by atoms with Crippen molar-refractivity contribution in [2.45, 2.75) is 12.8 Å². The topological polar surface area (TPSA) is 76.4 Å². The minimum Gasteiger partial charge on any atom is -0.449 e. The number of ether oxygens (including phenoxy) is 1. The van der Waals surface area contributed by atoms with E-state index in [0.29, 0.717) is 26.0 Å². The van der Waals surface area contributed by atoms with Gasteiger partial charge in [-0.25, -0.2) is 4.79 Å². The average molecular weight is 306 g/mol. The Morgan fingerprint density at radius 2 is 2.47 bits per heavy atom. The second kappa shape index (κ2) is 7.29. The Morgan fingerprint density at radius 3 is 3.06 bits per heavy atom. The number of aryl methyl sites for hydroxylation is 1. The van der Waals surface area contributed by atoms with E-state index in [4.69, 9.17) is 9.84 Å². The van der Waals surface area contributed by atoms with Crippen molar-refractivity contribution in [2.24, 2.45) is 7.05 Å². The van der Waals surface area contributed by atoms with Crippen molar-refractivity contribution < 1.29 is 14.6 Å². The van der Waals surface area contributed by atoms with Gasteiger partial charge in [0.15, 0.2) is 0 Å². The van der Waals surface area contributed by atoms with Crippen LogP contribution >= 0.6 is 15.9 Å². The third-order valence-corrected chi connectivity index (χ3v) is 2.53. The molecule has 0 saturated heterocycles. The van der Waals surface area contributed by atoms with E-state index >= 15 is 0 Å². The second-order valence-electron chi connectivity index (χ2n) is 3.47. The maximum atomic E-state index is 11.2. The van der Waals surface area contributed by atoms with Crippen molar-refractivity contribution in [1.82, 2.24) is 15.1 Å². The number of hydrogen-bond donors (Lipinski definition) is 2. The molecule has 0 fully saturated rings. The van der Waals surface area contributed by atoms with Crippen molar-refractivity contribution in [3.8, 4) is 0 Å². The number of carbonyl (C=O) groups is 1. The number of carbonyl (C=O) groups excluding carboxylic acids is 1. The first-order valence-corrected chi connectivity index (χ1v) is 6.12. The first-order valence-electron chi connectivity index (χ1n) is 5.33. The van der Waals surface area contributed by atoms with Gasteiger partial charge in [0.2, 0.25) is 0 Å². The van der Waals surface area contributed by atoms with Crippen LogP contribution in [0.15, 0.2) is 10.7 Å². The molecular formula is C10H16BrN3O3. The van der Waals surface area contributed by atoms with E-state index in [9.17, 15) is 4.79 Å². The summed E-state index contributed by atoms with van der Waals surface area (Å²) in [6.07, 6.45) is 0.687. The molecule has 1 amide bonds. The Labute approximate surface area is 108 Å².